The van der Waals surface area contributed by atoms with Crippen molar-refractivity contribution in [1.82, 2.24) is 19.1 Å². The number of hydrogen-bond donors (Lipinski definition) is 0. The second-order valence-corrected chi connectivity index (χ2v) is 23.1. The first kappa shape index (κ1) is 40.1. The molecule has 0 bridgehead atoms. The molecule has 0 unspecified atom stereocenters. The molecule has 2 aliphatic heterocycles. The van der Waals surface area contributed by atoms with E-state index in [1.165, 1.54) is 93.6 Å². The average Bonchev–Trinajstić information content (AvgIpc) is 3.78. The lowest BCUT2D eigenvalue weighted by Crippen LogP contribution is -2.59. The molecule has 12 rings (SSSR count). The van der Waals surface area contributed by atoms with E-state index >= 15 is 0 Å². The van der Waals surface area contributed by atoms with Crippen LogP contribution in [0, 0.1) is 0 Å². The van der Waals surface area contributed by atoms with E-state index in [-0.39, 0.29) is 28.4 Å². The van der Waals surface area contributed by atoms with Gasteiger partial charge in [-0.25, -0.2) is 9.97 Å². The molecule has 0 saturated heterocycles. The second kappa shape index (κ2) is 13.1. The fraction of sp³-hybridized carbons (Fsp3) is 0.267. The maximum Gasteiger partial charge on any atom is 0.252 e. The molecule has 2 aliphatic rings. The minimum absolute atomic E-state index is 0.0211. The van der Waals surface area contributed by atoms with Crippen molar-refractivity contribution < 1.29 is 0 Å². The minimum atomic E-state index is -0.0863. The summed E-state index contributed by atoms with van der Waals surface area (Å²) in [6.07, 6.45) is 0. The van der Waals surface area contributed by atoms with Gasteiger partial charge in [-0.3, -0.25) is 0 Å². The first-order valence-corrected chi connectivity index (χ1v) is 23.5. The summed E-state index contributed by atoms with van der Waals surface area (Å²) in [7, 11) is 0. The Morgan fingerprint density at radius 1 is 0.431 bits per heavy atom. The van der Waals surface area contributed by atoms with Crippen molar-refractivity contribution in [2.45, 2.75) is 105 Å². The molecular formula is C60H57BN4. The molecule has 0 N–H and O–H groups in total. The molecule has 65 heavy (non-hydrogen) atoms. The van der Waals surface area contributed by atoms with Crippen molar-refractivity contribution in [2.75, 3.05) is 0 Å². The number of nitrogens with zero attached hydrogens (tertiary/aromatic N) is 4. The average molecular weight is 845 g/mol. The van der Waals surface area contributed by atoms with E-state index in [9.17, 15) is 0 Å². The van der Waals surface area contributed by atoms with Gasteiger partial charge in [-0.1, -0.05) is 180 Å². The monoisotopic (exact) mass is 844 g/mol. The standard InChI is InChI=1S/C60H57BN4/c1-57(2,3)36-30-41(59(7,8)9)50-39-23-18-25-43-54(39)64(46(50)32-36)48-28-35(56-62-45-27-17-16-22-38(45)53(63-56)34-20-14-13-15-21-34)29-49-52(48)61(43)44-26-19-24-40-51-42(60(10,11)12)31-37(58(4,5)6)33-47(51)65(49)55(40)44/h13-33H,1-12H3. The summed E-state index contributed by atoms with van der Waals surface area (Å²) in [6, 6.07) is 48.2. The van der Waals surface area contributed by atoms with Crippen LogP contribution in [0.4, 0.5) is 0 Å². The Morgan fingerprint density at radius 3 is 1.40 bits per heavy atom. The summed E-state index contributed by atoms with van der Waals surface area (Å²) >= 11 is 0. The summed E-state index contributed by atoms with van der Waals surface area (Å²) in [4.78, 5) is 11.0. The Balaban J connectivity index is 1.31. The molecule has 3 aromatic heterocycles. The Morgan fingerprint density at radius 2 is 0.908 bits per heavy atom. The van der Waals surface area contributed by atoms with Crippen molar-refractivity contribution in [3.63, 3.8) is 0 Å². The van der Waals surface area contributed by atoms with E-state index in [1.54, 1.807) is 0 Å². The van der Waals surface area contributed by atoms with E-state index in [0.717, 1.165) is 33.5 Å². The van der Waals surface area contributed by atoms with Gasteiger partial charge in [0.05, 0.1) is 22.2 Å². The maximum atomic E-state index is 5.55. The van der Waals surface area contributed by atoms with Gasteiger partial charge in [0.2, 0.25) is 0 Å². The molecule has 0 fully saturated rings. The van der Waals surface area contributed by atoms with Crippen LogP contribution in [-0.2, 0) is 21.7 Å². The van der Waals surface area contributed by atoms with Crippen LogP contribution in [0.15, 0.2) is 127 Å². The van der Waals surface area contributed by atoms with Gasteiger partial charge >= 0.3 is 0 Å². The van der Waals surface area contributed by atoms with E-state index in [2.05, 4.69) is 220 Å². The Bertz CT molecular complexity index is 3510. The number of benzene rings is 7. The van der Waals surface area contributed by atoms with Crippen molar-refractivity contribution in [2.24, 2.45) is 0 Å². The summed E-state index contributed by atoms with van der Waals surface area (Å²) in [5.74, 6) is 0.729. The van der Waals surface area contributed by atoms with Crippen molar-refractivity contribution in [3.05, 3.63) is 150 Å². The second-order valence-electron chi connectivity index (χ2n) is 23.1. The fourth-order valence-corrected chi connectivity index (χ4v) is 11.4. The molecule has 0 amide bonds. The molecule has 7 aromatic carbocycles. The zero-order valence-electron chi connectivity index (χ0n) is 40.0. The highest BCUT2D eigenvalue weighted by Crippen LogP contribution is 2.47. The van der Waals surface area contributed by atoms with E-state index in [4.69, 9.17) is 9.97 Å². The molecule has 0 spiro atoms. The highest BCUT2D eigenvalue weighted by atomic mass is 15.0. The maximum absolute atomic E-state index is 5.55. The molecule has 4 nitrogen and oxygen atoms in total. The first-order chi connectivity index (χ1) is 30.8. The van der Waals surface area contributed by atoms with Crippen molar-refractivity contribution in [3.8, 4) is 34.0 Å². The van der Waals surface area contributed by atoms with Gasteiger partial charge in [0.1, 0.15) is 0 Å². The van der Waals surface area contributed by atoms with Gasteiger partial charge in [0.15, 0.2) is 5.82 Å². The molecule has 5 heterocycles. The predicted octanol–water partition coefficient (Wildman–Crippen LogP) is 13.5. The van der Waals surface area contributed by atoms with Crippen LogP contribution in [0.1, 0.15) is 105 Å². The smallest absolute Gasteiger partial charge is 0.252 e. The molecule has 0 aliphatic carbocycles. The zero-order valence-corrected chi connectivity index (χ0v) is 40.0. The Labute approximate surface area is 383 Å². The third-order valence-electron chi connectivity index (χ3n) is 14.6. The summed E-state index contributed by atoms with van der Waals surface area (Å²) in [5, 5.41) is 6.38. The van der Waals surface area contributed by atoms with Gasteiger partial charge in [-0.15, -0.1) is 0 Å². The highest BCUT2D eigenvalue weighted by molar-refractivity contribution is 7.00. The van der Waals surface area contributed by atoms with E-state index in [0.29, 0.717) is 0 Å². The topological polar surface area (TPSA) is 35.6 Å². The van der Waals surface area contributed by atoms with Gasteiger partial charge in [0, 0.05) is 60.5 Å². The zero-order chi connectivity index (χ0) is 45.3. The van der Waals surface area contributed by atoms with Crippen LogP contribution >= 0.6 is 0 Å². The van der Waals surface area contributed by atoms with E-state index < -0.39 is 0 Å². The lowest BCUT2D eigenvalue weighted by atomic mass is 9.34. The number of para-hydroxylation sites is 3. The van der Waals surface area contributed by atoms with Gasteiger partial charge < -0.3 is 9.13 Å². The third-order valence-corrected chi connectivity index (χ3v) is 14.6. The highest BCUT2D eigenvalue weighted by Gasteiger charge is 2.42. The third kappa shape index (κ3) is 5.70. The lowest BCUT2D eigenvalue weighted by molar-refractivity contribution is 0.572. The van der Waals surface area contributed by atoms with Gasteiger partial charge in [-0.05, 0) is 90.6 Å². The Hall–Kier alpha value is -6.46. The normalized spacial score (nSPS) is 13.8. The van der Waals surface area contributed by atoms with Crippen LogP contribution in [-0.4, -0.2) is 25.8 Å². The quantitative estimate of drug-likeness (QED) is 0.163. The minimum Gasteiger partial charge on any atom is -0.310 e. The van der Waals surface area contributed by atoms with Gasteiger partial charge in [0.25, 0.3) is 6.71 Å². The molecule has 0 radical (unpaired) electrons. The van der Waals surface area contributed by atoms with Crippen LogP contribution in [0.5, 0.6) is 0 Å². The first-order valence-electron chi connectivity index (χ1n) is 23.5. The van der Waals surface area contributed by atoms with Crippen molar-refractivity contribution in [1.29, 1.82) is 0 Å². The SMILES string of the molecule is CC(C)(C)c1cc(C(C)(C)C)c2c3cccc4c3n(c2c1)-c1cc(-c2nc(-c3ccccc3)c3ccccc3n2)cc2c1B4c1cccc3c4c(C(C)(C)C)cc(C(C)(C)C)cc4n-2c13. The predicted molar refractivity (Wildman–Crippen MR) is 279 cm³/mol. The molecular weight excluding hydrogens is 787 g/mol. The van der Waals surface area contributed by atoms with Crippen LogP contribution < -0.4 is 16.4 Å². The molecule has 5 heteroatoms. The fourth-order valence-electron chi connectivity index (χ4n) is 11.4. The van der Waals surface area contributed by atoms with Crippen molar-refractivity contribution >= 4 is 77.6 Å². The number of hydrogen-bond acceptors (Lipinski definition) is 2. The number of aromatic nitrogens is 4. The molecule has 320 valence electrons. The van der Waals surface area contributed by atoms with Gasteiger partial charge in [-0.2, -0.15) is 0 Å². The molecule has 0 saturated carbocycles. The number of rotatable bonds is 2. The lowest BCUT2D eigenvalue weighted by Gasteiger charge is -2.34. The van der Waals surface area contributed by atoms with Crippen LogP contribution in [0.2, 0.25) is 0 Å². The summed E-state index contributed by atoms with van der Waals surface area (Å²) < 4.78 is 5.28. The largest absolute Gasteiger partial charge is 0.310 e. The van der Waals surface area contributed by atoms with Crippen LogP contribution in [0.3, 0.4) is 0 Å². The van der Waals surface area contributed by atoms with E-state index in [1.807, 2.05) is 0 Å². The summed E-state index contributed by atoms with van der Waals surface area (Å²) in [5.41, 5.74) is 20.8. The Kier molecular flexibility index (Phi) is 8.07. The molecule has 10 aromatic rings. The summed E-state index contributed by atoms with van der Waals surface area (Å²) in [6.45, 7) is 28.4. The number of fused-ring (bicyclic) bond motifs is 11. The van der Waals surface area contributed by atoms with Crippen LogP contribution in [0.25, 0.3) is 88.5 Å². The molecule has 0 atom stereocenters.